The minimum absolute atomic E-state index is 0.0535. The molecular weight excluding hydrogens is 404 g/mol. The van der Waals surface area contributed by atoms with Crippen molar-refractivity contribution in [2.75, 3.05) is 13.4 Å². The van der Waals surface area contributed by atoms with Crippen molar-refractivity contribution in [3.8, 4) is 5.88 Å². The van der Waals surface area contributed by atoms with Crippen LogP contribution in [0.4, 0.5) is 17.6 Å². The fourth-order valence-electron chi connectivity index (χ4n) is 2.23. The van der Waals surface area contributed by atoms with Gasteiger partial charge in [0, 0.05) is 6.07 Å². The third-order valence-corrected chi connectivity index (χ3v) is 3.40. The Bertz CT molecular complexity index is 881. The predicted molar refractivity (Wildman–Crippen MR) is 87.1 cm³/mol. The van der Waals surface area contributed by atoms with E-state index in [1.54, 1.807) is 6.92 Å². The molecule has 0 radical (unpaired) electrons. The summed E-state index contributed by atoms with van der Waals surface area (Å²) in [5.41, 5.74) is -1.56. The highest BCUT2D eigenvalue weighted by molar-refractivity contribution is 5.87. The Morgan fingerprint density at radius 2 is 1.90 bits per heavy atom. The number of esters is 2. The second kappa shape index (κ2) is 9.37. The lowest BCUT2D eigenvalue weighted by molar-refractivity contribution is -0.152. The van der Waals surface area contributed by atoms with Gasteiger partial charge in [0.2, 0.25) is 5.88 Å². The van der Waals surface area contributed by atoms with Crippen LogP contribution in [0.2, 0.25) is 0 Å². The first-order valence-electron chi connectivity index (χ1n) is 8.15. The van der Waals surface area contributed by atoms with Gasteiger partial charge in [-0.25, -0.2) is 18.7 Å². The average molecular weight is 420 g/mol. The summed E-state index contributed by atoms with van der Waals surface area (Å²) >= 11 is 0. The van der Waals surface area contributed by atoms with E-state index in [2.05, 4.69) is 9.84 Å². The van der Waals surface area contributed by atoms with Gasteiger partial charge < -0.3 is 19.3 Å². The molecule has 8 nitrogen and oxygen atoms in total. The maximum absolute atomic E-state index is 13.5. The molecule has 0 atom stereocenters. The summed E-state index contributed by atoms with van der Waals surface area (Å²) < 4.78 is 67.3. The van der Waals surface area contributed by atoms with Crippen molar-refractivity contribution in [3.05, 3.63) is 46.9 Å². The molecule has 0 aliphatic carbocycles. The molecular formula is C17H16F4N2O6. The first-order chi connectivity index (χ1) is 13.6. The summed E-state index contributed by atoms with van der Waals surface area (Å²) in [6, 6.07) is 3.00. The average Bonchev–Trinajstić information content (AvgIpc) is 3.02. The molecule has 0 unspecified atom stereocenters. The van der Waals surface area contributed by atoms with E-state index in [1.807, 2.05) is 0 Å². The normalized spacial score (nSPS) is 11.2. The van der Waals surface area contributed by atoms with E-state index < -0.39 is 49.4 Å². The summed E-state index contributed by atoms with van der Waals surface area (Å²) in [5.74, 6) is -3.02. The fraction of sp³-hybridized carbons (Fsp3) is 0.353. The Balaban J connectivity index is 2.25. The Kier molecular flexibility index (Phi) is 7.15. The zero-order valence-electron chi connectivity index (χ0n) is 15.0. The van der Waals surface area contributed by atoms with Gasteiger partial charge in [-0.05, 0) is 30.7 Å². The molecule has 1 N–H and O–H groups in total. The zero-order chi connectivity index (χ0) is 21.6. The van der Waals surface area contributed by atoms with Crippen molar-refractivity contribution < 1.29 is 46.5 Å². The van der Waals surface area contributed by atoms with Crippen LogP contribution < -0.4 is 4.74 Å². The first kappa shape index (κ1) is 22.1. The number of alkyl halides is 3. The van der Waals surface area contributed by atoms with Crippen LogP contribution in [0.15, 0.2) is 24.3 Å². The molecule has 0 aliphatic rings. The molecule has 0 aliphatic heterocycles. The molecule has 0 spiro atoms. The summed E-state index contributed by atoms with van der Waals surface area (Å²) in [6.07, 6.45) is -4.75. The maximum atomic E-state index is 13.5. The number of hydrogen-bond donors (Lipinski definition) is 1. The number of nitrogens with zero attached hydrogens (tertiary/aromatic N) is 2. The predicted octanol–water partition coefficient (Wildman–Crippen LogP) is 2.29. The highest BCUT2D eigenvalue weighted by Crippen LogP contribution is 2.30. The van der Waals surface area contributed by atoms with Gasteiger partial charge in [0.25, 0.3) is 0 Å². The number of rotatable bonds is 8. The van der Waals surface area contributed by atoms with Crippen LogP contribution in [0, 0.1) is 5.82 Å². The van der Waals surface area contributed by atoms with E-state index in [0.29, 0.717) is 12.1 Å². The third kappa shape index (κ3) is 6.17. The van der Waals surface area contributed by atoms with E-state index in [0.717, 1.165) is 16.8 Å². The monoisotopic (exact) mass is 420 g/mol. The van der Waals surface area contributed by atoms with E-state index in [-0.39, 0.29) is 23.7 Å². The molecule has 1 aromatic heterocycles. The standard InChI is InChI=1S/C17H16F4N2O6/c1-2-27-16(26)13-6-14(23(22-13)7-15(25)29-9-24)28-8-10-3-11(17(19,20)21)5-12(18)4-10/h3-6,24H,2,7-9H2,1H3. The van der Waals surface area contributed by atoms with E-state index >= 15 is 0 Å². The lowest BCUT2D eigenvalue weighted by Crippen LogP contribution is -2.17. The summed E-state index contributed by atoms with van der Waals surface area (Å²) in [4.78, 5) is 23.4. The van der Waals surface area contributed by atoms with Crippen molar-refractivity contribution >= 4 is 11.9 Å². The quantitative estimate of drug-likeness (QED) is 0.397. The number of ether oxygens (including phenoxy) is 3. The molecule has 158 valence electrons. The van der Waals surface area contributed by atoms with Crippen LogP contribution in [0.3, 0.4) is 0 Å². The third-order valence-electron chi connectivity index (χ3n) is 3.40. The molecule has 12 heteroatoms. The van der Waals surface area contributed by atoms with E-state index in [4.69, 9.17) is 14.6 Å². The van der Waals surface area contributed by atoms with Crippen molar-refractivity contribution in [3.63, 3.8) is 0 Å². The molecule has 2 aromatic rings. The molecule has 0 saturated carbocycles. The molecule has 2 rings (SSSR count). The molecule has 0 bridgehead atoms. The lowest BCUT2D eigenvalue weighted by Gasteiger charge is -2.11. The Morgan fingerprint density at radius 1 is 1.17 bits per heavy atom. The minimum atomic E-state index is -4.75. The lowest BCUT2D eigenvalue weighted by atomic mass is 10.1. The minimum Gasteiger partial charge on any atom is -0.473 e. The highest BCUT2D eigenvalue weighted by Gasteiger charge is 2.31. The number of benzene rings is 1. The summed E-state index contributed by atoms with van der Waals surface area (Å²) in [6.45, 7) is -0.342. The molecule has 29 heavy (non-hydrogen) atoms. The van der Waals surface area contributed by atoms with Gasteiger partial charge in [0.05, 0.1) is 12.2 Å². The molecule has 1 heterocycles. The maximum Gasteiger partial charge on any atom is 0.416 e. The van der Waals surface area contributed by atoms with Gasteiger partial charge in [-0.15, -0.1) is 0 Å². The number of aliphatic hydroxyl groups excluding tert-OH is 1. The summed E-state index contributed by atoms with van der Waals surface area (Å²) in [7, 11) is 0. The molecule has 1 aromatic carbocycles. The second-order valence-corrected chi connectivity index (χ2v) is 5.53. The van der Waals surface area contributed by atoms with Gasteiger partial charge in [-0.1, -0.05) is 0 Å². The highest BCUT2D eigenvalue weighted by atomic mass is 19.4. The summed E-state index contributed by atoms with van der Waals surface area (Å²) in [5, 5.41) is 12.4. The van der Waals surface area contributed by atoms with Crippen molar-refractivity contribution in [1.82, 2.24) is 9.78 Å². The molecule has 0 amide bonds. The van der Waals surface area contributed by atoms with Crippen LogP contribution in [0.5, 0.6) is 5.88 Å². The van der Waals surface area contributed by atoms with Gasteiger partial charge in [0.1, 0.15) is 19.0 Å². The van der Waals surface area contributed by atoms with Gasteiger partial charge >= 0.3 is 18.1 Å². The first-order valence-corrected chi connectivity index (χ1v) is 8.15. The Hall–Kier alpha value is -3.15. The largest absolute Gasteiger partial charge is 0.473 e. The number of hydrogen-bond acceptors (Lipinski definition) is 7. The van der Waals surface area contributed by atoms with Crippen molar-refractivity contribution in [1.29, 1.82) is 0 Å². The smallest absolute Gasteiger partial charge is 0.416 e. The van der Waals surface area contributed by atoms with E-state index in [1.165, 1.54) is 0 Å². The second-order valence-electron chi connectivity index (χ2n) is 5.53. The van der Waals surface area contributed by atoms with Crippen molar-refractivity contribution in [2.24, 2.45) is 0 Å². The topological polar surface area (TPSA) is 99.9 Å². The van der Waals surface area contributed by atoms with Crippen LogP contribution in [-0.4, -0.2) is 40.2 Å². The number of aliphatic hydroxyl groups is 1. The van der Waals surface area contributed by atoms with Crippen LogP contribution in [0.1, 0.15) is 28.5 Å². The van der Waals surface area contributed by atoms with E-state index in [9.17, 15) is 27.2 Å². The van der Waals surface area contributed by atoms with Crippen LogP contribution in [0.25, 0.3) is 0 Å². The Morgan fingerprint density at radius 3 is 2.52 bits per heavy atom. The Labute approximate surface area is 161 Å². The number of carbonyl (C=O) groups excluding carboxylic acids is 2. The van der Waals surface area contributed by atoms with Gasteiger partial charge in [0.15, 0.2) is 12.5 Å². The molecule has 0 fully saturated rings. The number of aromatic nitrogens is 2. The van der Waals surface area contributed by atoms with Crippen molar-refractivity contribution in [2.45, 2.75) is 26.3 Å². The zero-order valence-corrected chi connectivity index (χ0v) is 15.0. The van der Waals surface area contributed by atoms with Crippen LogP contribution in [-0.2, 0) is 33.6 Å². The number of halogens is 4. The fourth-order valence-corrected chi connectivity index (χ4v) is 2.23. The van der Waals surface area contributed by atoms with Gasteiger partial charge in [-0.3, -0.25) is 0 Å². The van der Waals surface area contributed by atoms with Gasteiger partial charge in [-0.2, -0.15) is 18.3 Å². The number of carbonyl (C=O) groups is 2. The molecule has 0 saturated heterocycles. The SMILES string of the molecule is CCOC(=O)c1cc(OCc2cc(F)cc(C(F)(F)F)c2)n(CC(=O)OCO)n1. The van der Waals surface area contributed by atoms with Crippen LogP contribution >= 0.6 is 0 Å².